The zero-order valence-corrected chi connectivity index (χ0v) is 11.1. The summed E-state index contributed by atoms with van der Waals surface area (Å²) in [6, 6.07) is 0.576. The summed E-state index contributed by atoms with van der Waals surface area (Å²) in [7, 11) is 0. The standard InChI is InChI=1S/C11H16BrN5/c12-8-10(14-5-15-11(8)17-13)16-9(6-1-2-6)7-3-4-7/h5-7,9H,1-4,13H2,(H2,14,15,16,17). The number of rotatable bonds is 5. The molecule has 2 saturated carbocycles. The summed E-state index contributed by atoms with van der Waals surface area (Å²) in [5, 5.41) is 3.55. The van der Waals surface area contributed by atoms with Gasteiger partial charge in [0.05, 0.1) is 0 Å². The van der Waals surface area contributed by atoms with Crippen molar-refractivity contribution in [2.75, 3.05) is 10.7 Å². The Morgan fingerprint density at radius 1 is 1.18 bits per heavy atom. The highest BCUT2D eigenvalue weighted by atomic mass is 79.9. The van der Waals surface area contributed by atoms with E-state index < -0.39 is 0 Å². The molecule has 0 aliphatic heterocycles. The van der Waals surface area contributed by atoms with E-state index in [-0.39, 0.29) is 0 Å². The lowest BCUT2D eigenvalue weighted by atomic mass is 10.1. The van der Waals surface area contributed by atoms with E-state index in [1.165, 1.54) is 32.0 Å². The molecule has 0 radical (unpaired) electrons. The number of nitrogens with one attached hydrogen (secondary N) is 2. The molecule has 0 unspecified atom stereocenters. The second-order valence-corrected chi connectivity index (χ2v) is 5.67. The molecule has 0 spiro atoms. The van der Waals surface area contributed by atoms with Crippen LogP contribution in [0.15, 0.2) is 10.8 Å². The molecule has 2 aliphatic rings. The number of nitrogens with two attached hydrogens (primary N) is 1. The number of halogens is 1. The zero-order valence-electron chi connectivity index (χ0n) is 9.49. The first kappa shape index (κ1) is 11.2. The lowest BCUT2D eigenvalue weighted by molar-refractivity contribution is 0.565. The van der Waals surface area contributed by atoms with Gasteiger partial charge in [0.1, 0.15) is 16.6 Å². The molecule has 6 heteroatoms. The first-order chi connectivity index (χ1) is 8.29. The molecule has 0 saturated heterocycles. The van der Waals surface area contributed by atoms with Crippen molar-refractivity contribution in [1.82, 2.24) is 9.97 Å². The lowest BCUT2D eigenvalue weighted by Gasteiger charge is -2.19. The van der Waals surface area contributed by atoms with Gasteiger partial charge >= 0.3 is 0 Å². The van der Waals surface area contributed by atoms with Gasteiger partial charge in [0.2, 0.25) is 0 Å². The van der Waals surface area contributed by atoms with Crippen LogP contribution < -0.4 is 16.6 Å². The van der Waals surface area contributed by atoms with Crippen LogP contribution >= 0.6 is 15.9 Å². The van der Waals surface area contributed by atoms with E-state index in [0.717, 1.165) is 22.1 Å². The molecule has 0 atom stereocenters. The first-order valence-corrected chi connectivity index (χ1v) is 6.82. The maximum Gasteiger partial charge on any atom is 0.159 e. The number of hydrogen-bond donors (Lipinski definition) is 3. The minimum atomic E-state index is 0.576. The van der Waals surface area contributed by atoms with Crippen LogP contribution in [0.2, 0.25) is 0 Å². The van der Waals surface area contributed by atoms with Gasteiger partial charge in [-0.15, -0.1) is 0 Å². The third-order valence-corrected chi connectivity index (χ3v) is 4.24. The monoisotopic (exact) mass is 297 g/mol. The van der Waals surface area contributed by atoms with E-state index in [4.69, 9.17) is 5.84 Å². The molecule has 3 rings (SSSR count). The second kappa shape index (κ2) is 4.42. The Bertz CT molecular complexity index is 404. The summed E-state index contributed by atoms with van der Waals surface area (Å²) in [5.74, 6) is 8.52. The van der Waals surface area contributed by atoms with Crippen molar-refractivity contribution in [3.8, 4) is 0 Å². The smallest absolute Gasteiger partial charge is 0.159 e. The third kappa shape index (κ3) is 2.37. The highest BCUT2D eigenvalue weighted by Crippen LogP contribution is 2.46. The Morgan fingerprint density at radius 2 is 1.76 bits per heavy atom. The summed E-state index contributed by atoms with van der Waals surface area (Å²) in [5.41, 5.74) is 2.56. The number of nitrogen functional groups attached to an aromatic ring is 1. The van der Waals surface area contributed by atoms with Gasteiger partial charge in [0, 0.05) is 6.04 Å². The molecule has 2 aliphatic carbocycles. The van der Waals surface area contributed by atoms with Crippen molar-refractivity contribution in [2.45, 2.75) is 31.7 Å². The van der Waals surface area contributed by atoms with Crippen LogP contribution in [0.3, 0.4) is 0 Å². The second-order valence-electron chi connectivity index (χ2n) is 4.87. The van der Waals surface area contributed by atoms with Crippen LogP contribution in [0.25, 0.3) is 0 Å². The maximum absolute atomic E-state index is 5.40. The maximum atomic E-state index is 5.40. The molecule has 5 nitrogen and oxygen atoms in total. The Balaban J connectivity index is 1.78. The van der Waals surface area contributed by atoms with Crippen LogP contribution in [0.4, 0.5) is 11.6 Å². The van der Waals surface area contributed by atoms with Crippen LogP contribution in [-0.2, 0) is 0 Å². The SMILES string of the molecule is NNc1ncnc(NC(C2CC2)C2CC2)c1Br. The molecular weight excluding hydrogens is 282 g/mol. The fraction of sp³-hybridized carbons (Fsp3) is 0.636. The highest BCUT2D eigenvalue weighted by Gasteiger charge is 2.41. The predicted molar refractivity (Wildman–Crippen MR) is 70.4 cm³/mol. The Hall–Kier alpha value is -0.880. The van der Waals surface area contributed by atoms with Crippen LogP contribution in [-0.4, -0.2) is 16.0 Å². The van der Waals surface area contributed by atoms with Gasteiger partial charge in [-0.05, 0) is 53.4 Å². The Labute approximate surface area is 109 Å². The molecule has 92 valence electrons. The predicted octanol–water partition coefficient (Wildman–Crippen LogP) is 2.13. The van der Waals surface area contributed by atoms with Crippen molar-refractivity contribution >= 4 is 27.6 Å². The summed E-state index contributed by atoms with van der Waals surface area (Å²) < 4.78 is 0.814. The molecule has 1 aromatic heterocycles. The molecule has 0 amide bonds. The lowest BCUT2D eigenvalue weighted by Crippen LogP contribution is -2.25. The molecule has 1 heterocycles. The third-order valence-electron chi connectivity index (χ3n) is 3.49. The molecule has 4 N–H and O–H groups in total. The fourth-order valence-corrected chi connectivity index (χ4v) is 2.69. The van der Waals surface area contributed by atoms with Gasteiger partial charge in [-0.2, -0.15) is 0 Å². The number of aromatic nitrogens is 2. The molecule has 2 fully saturated rings. The van der Waals surface area contributed by atoms with Crippen LogP contribution in [0.1, 0.15) is 25.7 Å². The zero-order chi connectivity index (χ0) is 11.8. The Kier molecular flexibility index (Phi) is 2.92. The summed E-state index contributed by atoms with van der Waals surface area (Å²) in [6.07, 6.45) is 6.91. The number of hydrazine groups is 1. The minimum absolute atomic E-state index is 0.576. The fourth-order valence-electron chi connectivity index (χ4n) is 2.26. The Morgan fingerprint density at radius 3 is 2.29 bits per heavy atom. The summed E-state index contributed by atoms with van der Waals surface area (Å²) >= 11 is 3.48. The topological polar surface area (TPSA) is 75.9 Å². The van der Waals surface area contributed by atoms with Gasteiger partial charge in [0.25, 0.3) is 0 Å². The van der Waals surface area contributed by atoms with Gasteiger partial charge in [-0.25, -0.2) is 15.8 Å². The van der Waals surface area contributed by atoms with Crippen molar-refractivity contribution in [1.29, 1.82) is 0 Å². The van der Waals surface area contributed by atoms with Crippen molar-refractivity contribution < 1.29 is 0 Å². The molecule has 0 bridgehead atoms. The summed E-state index contributed by atoms with van der Waals surface area (Å²) in [4.78, 5) is 8.33. The summed E-state index contributed by atoms with van der Waals surface area (Å²) in [6.45, 7) is 0. The average molecular weight is 298 g/mol. The van der Waals surface area contributed by atoms with E-state index in [9.17, 15) is 0 Å². The van der Waals surface area contributed by atoms with Crippen LogP contribution in [0, 0.1) is 11.8 Å². The molecular formula is C11H16BrN5. The van der Waals surface area contributed by atoms with Crippen molar-refractivity contribution in [2.24, 2.45) is 17.7 Å². The highest BCUT2D eigenvalue weighted by molar-refractivity contribution is 9.10. The van der Waals surface area contributed by atoms with E-state index in [1.54, 1.807) is 0 Å². The molecule has 0 aromatic carbocycles. The van der Waals surface area contributed by atoms with Gasteiger partial charge in [-0.3, -0.25) is 0 Å². The van der Waals surface area contributed by atoms with E-state index >= 15 is 0 Å². The van der Waals surface area contributed by atoms with Crippen molar-refractivity contribution in [3.05, 3.63) is 10.8 Å². The minimum Gasteiger partial charge on any atom is -0.366 e. The van der Waals surface area contributed by atoms with Gasteiger partial charge in [-0.1, -0.05) is 0 Å². The number of nitrogens with zero attached hydrogens (tertiary/aromatic N) is 2. The largest absolute Gasteiger partial charge is 0.366 e. The van der Waals surface area contributed by atoms with Gasteiger partial charge < -0.3 is 10.7 Å². The quantitative estimate of drug-likeness (QED) is 0.573. The normalized spacial score (nSPS) is 19.5. The molecule has 1 aromatic rings. The van der Waals surface area contributed by atoms with E-state index in [0.29, 0.717) is 11.9 Å². The van der Waals surface area contributed by atoms with Crippen LogP contribution in [0.5, 0.6) is 0 Å². The van der Waals surface area contributed by atoms with E-state index in [1.807, 2.05) is 0 Å². The van der Waals surface area contributed by atoms with Gasteiger partial charge in [0.15, 0.2) is 5.82 Å². The van der Waals surface area contributed by atoms with Crippen molar-refractivity contribution in [3.63, 3.8) is 0 Å². The number of hydrogen-bond acceptors (Lipinski definition) is 5. The first-order valence-electron chi connectivity index (χ1n) is 6.03. The number of anilines is 2. The van der Waals surface area contributed by atoms with E-state index in [2.05, 4.69) is 36.6 Å². The average Bonchev–Trinajstić information content (AvgIpc) is 3.19. The molecule has 17 heavy (non-hydrogen) atoms.